The smallest absolute Gasteiger partial charge is 0.231 e. The van der Waals surface area contributed by atoms with Crippen LogP contribution >= 0.6 is 23.2 Å². The molecule has 0 unspecified atom stereocenters. The van der Waals surface area contributed by atoms with Gasteiger partial charge in [0, 0.05) is 58.5 Å². The number of ether oxygens (including phenoxy) is 4. The summed E-state index contributed by atoms with van der Waals surface area (Å²) in [6.45, 7) is 0.702. The van der Waals surface area contributed by atoms with Crippen LogP contribution in [0.5, 0.6) is 23.5 Å². The molecule has 4 rings (SSSR count). The first-order valence-corrected chi connectivity index (χ1v) is 15.1. The van der Waals surface area contributed by atoms with Gasteiger partial charge in [-0.25, -0.2) is 0 Å². The molecule has 13 heteroatoms. The Morgan fingerprint density at radius 3 is 1.74 bits per heavy atom. The third-order valence-corrected chi connectivity index (χ3v) is 7.79. The van der Waals surface area contributed by atoms with Crippen LogP contribution in [0.25, 0.3) is 11.1 Å². The van der Waals surface area contributed by atoms with Crippen molar-refractivity contribution in [3.05, 3.63) is 93.0 Å². The molecule has 46 heavy (non-hydrogen) atoms. The molecular formula is C33H35Cl2N5O6. The highest BCUT2D eigenvalue weighted by atomic mass is 35.5. The summed E-state index contributed by atoms with van der Waals surface area (Å²) in [6.07, 6.45) is 1.49. The summed E-state index contributed by atoms with van der Waals surface area (Å²) in [6, 6.07) is 18.4. The quantitative estimate of drug-likeness (QED) is 0.141. The van der Waals surface area contributed by atoms with E-state index in [9.17, 15) is 9.59 Å². The predicted octanol–water partition coefficient (Wildman–Crippen LogP) is 5.01. The molecule has 0 radical (unpaired) electrons. The molecule has 0 saturated carbocycles. The number of hydrogen-bond acceptors (Lipinski definition) is 9. The highest BCUT2D eigenvalue weighted by Crippen LogP contribution is 2.37. The molecule has 4 aromatic rings. The Labute approximate surface area is 277 Å². The zero-order valence-electron chi connectivity index (χ0n) is 25.5. The average molecular weight is 669 g/mol. The normalized spacial score (nSPS) is 10.8. The molecule has 2 aromatic heterocycles. The van der Waals surface area contributed by atoms with E-state index in [1.54, 1.807) is 18.2 Å². The molecule has 242 valence electrons. The van der Waals surface area contributed by atoms with Gasteiger partial charge in [0.25, 0.3) is 0 Å². The van der Waals surface area contributed by atoms with Gasteiger partial charge in [0.2, 0.25) is 35.3 Å². The number of halogens is 2. The molecule has 0 atom stereocenters. The number of rotatable bonds is 17. The first kappa shape index (κ1) is 34.3. The minimum atomic E-state index is -0.455. The van der Waals surface area contributed by atoms with E-state index in [2.05, 4.69) is 15.3 Å². The number of aromatic nitrogens is 2. The van der Waals surface area contributed by atoms with Crippen LogP contribution in [0.2, 0.25) is 10.0 Å². The summed E-state index contributed by atoms with van der Waals surface area (Å²) in [5.74, 6) is 0.705. The van der Waals surface area contributed by atoms with E-state index in [0.29, 0.717) is 53.0 Å². The fourth-order valence-electron chi connectivity index (χ4n) is 4.62. The fraction of sp³-hybridized carbons (Fsp3) is 0.273. The van der Waals surface area contributed by atoms with Gasteiger partial charge in [-0.1, -0.05) is 59.6 Å². The van der Waals surface area contributed by atoms with Crippen molar-refractivity contribution in [2.24, 2.45) is 11.5 Å². The topological polar surface area (TPSA) is 161 Å². The monoisotopic (exact) mass is 667 g/mol. The number of nitrogens with one attached hydrogen (secondary N) is 1. The lowest BCUT2D eigenvalue weighted by molar-refractivity contribution is -0.118. The van der Waals surface area contributed by atoms with Gasteiger partial charge in [-0.3, -0.25) is 9.59 Å². The molecule has 0 aliphatic carbocycles. The second kappa shape index (κ2) is 16.6. The highest BCUT2D eigenvalue weighted by molar-refractivity contribution is 6.37. The van der Waals surface area contributed by atoms with Crippen molar-refractivity contribution in [2.45, 2.75) is 39.0 Å². The van der Waals surface area contributed by atoms with Crippen LogP contribution in [-0.4, -0.2) is 42.5 Å². The maximum atomic E-state index is 11.1. The summed E-state index contributed by atoms with van der Waals surface area (Å²) in [5, 5.41) is 3.91. The number of methoxy groups -OCH3 is 2. The second-order valence-electron chi connectivity index (χ2n) is 10.2. The molecule has 5 N–H and O–H groups in total. The van der Waals surface area contributed by atoms with Crippen LogP contribution in [-0.2, 0) is 35.8 Å². The van der Waals surface area contributed by atoms with Gasteiger partial charge in [-0.15, -0.1) is 0 Å². The van der Waals surface area contributed by atoms with Crippen LogP contribution in [0.1, 0.15) is 35.1 Å². The maximum Gasteiger partial charge on any atom is 0.231 e. The second-order valence-corrected chi connectivity index (χ2v) is 10.9. The van der Waals surface area contributed by atoms with Gasteiger partial charge < -0.3 is 35.7 Å². The summed E-state index contributed by atoms with van der Waals surface area (Å²) in [7, 11) is 3.04. The predicted molar refractivity (Wildman–Crippen MR) is 175 cm³/mol. The minimum absolute atomic E-state index is 0.0399. The van der Waals surface area contributed by atoms with Crippen molar-refractivity contribution < 1.29 is 28.5 Å². The Kier molecular flexibility index (Phi) is 12.4. The summed E-state index contributed by atoms with van der Waals surface area (Å²) in [4.78, 5) is 30.9. The molecule has 11 nitrogen and oxygen atoms in total. The number of nitrogens with two attached hydrogens (primary N) is 2. The third-order valence-electron chi connectivity index (χ3n) is 6.90. The first-order chi connectivity index (χ1) is 22.2. The van der Waals surface area contributed by atoms with Gasteiger partial charge >= 0.3 is 0 Å². The zero-order chi connectivity index (χ0) is 33.1. The lowest BCUT2D eigenvalue weighted by Gasteiger charge is -2.15. The van der Waals surface area contributed by atoms with Gasteiger partial charge in [0.1, 0.15) is 13.2 Å². The molecule has 0 fully saturated rings. The Bertz CT molecular complexity index is 1560. The number of benzene rings is 2. The Balaban J connectivity index is 1.44. The lowest BCUT2D eigenvalue weighted by Crippen LogP contribution is -2.28. The Hall–Kier alpha value is -4.58. The molecule has 2 amide bonds. The molecule has 0 aliphatic rings. The molecule has 0 saturated heterocycles. The first-order valence-electron chi connectivity index (χ1n) is 14.4. The molecule has 0 aliphatic heterocycles. The Morgan fingerprint density at radius 2 is 1.24 bits per heavy atom. The third kappa shape index (κ3) is 9.23. The summed E-state index contributed by atoms with van der Waals surface area (Å²) < 4.78 is 22.7. The Morgan fingerprint density at radius 1 is 0.717 bits per heavy atom. The highest BCUT2D eigenvalue weighted by Gasteiger charge is 2.16. The van der Waals surface area contributed by atoms with Gasteiger partial charge in [0.15, 0.2) is 0 Å². The van der Waals surface area contributed by atoms with Crippen molar-refractivity contribution in [2.75, 3.05) is 20.8 Å². The van der Waals surface area contributed by atoms with Crippen LogP contribution in [0.3, 0.4) is 0 Å². The number of hydrogen-bond donors (Lipinski definition) is 3. The van der Waals surface area contributed by atoms with E-state index in [0.717, 1.165) is 33.4 Å². The summed E-state index contributed by atoms with van der Waals surface area (Å²) in [5.41, 5.74) is 15.0. The largest absolute Gasteiger partial charge is 0.481 e. The number of nitrogens with zero attached hydrogens (tertiary/aromatic N) is 2. The molecule has 2 aromatic carbocycles. The summed E-state index contributed by atoms with van der Waals surface area (Å²) >= 11 is 13.7. The standard InChI is InChI=1S/C33H35Cl2N5O6/c1-43-32-20(6-5-11-26(36)41)12-14-28(39-32)45-18-22-7-3-9-24(30(22)34)25-10-4-8-23(31(25)35)19-46-29-15-13-21(33(40-29)44-2)16-38-17-27(37)42/h3-4,7-10,12-15,38H,5-6,11,16-19H2,1-2H3,(H2,36,41)(H2,37,42). The van der Waals surface area contributed by atoms with Crippen molar-refractivity contribution >= 4 is 35.0 Å². The molecular weight excluding hydrogens is 633 g/mol. The maximum absolute atomic E-state index is 11.1. The molecule has 2 heterocycles. The van der Waals surface area contributed by atoms with Gasteiger partial charge in [0.05, 0.1) is 30.8 Å². The van der Waals surface area contributed by atoms with Crippen molar-refractivity contribution in [1.29, 1.82) is 0 Å². The van der Waals surface area contributed by atoms with Gasteiger partial charge in [-0.2, -0.15) is 9.97 Å². The lowest BCUT2D eigenvalue weighted by atomic mass is 10.0. The number of pyridine rings is 2. The number of aryl methyl sites for hydroxylation is 1. The van der Waals surface area contributed by atoms with Crippen molar-refractivity contribution in [3.8, 4) is 34.6 Å². The molecule has 0 bridgehead atoms. The van der Waals surface area contributed by atoms with E-state index in [1.165, 1.54) is 14.2 Å². The minimum Gasteiger partial charge on any atom is -0.481 e. The number of carbonyl (C=O) groups excluding carboxylic acids is 2. The van der Waals surface area contributed by atoms with Crippen LogP contribution in [0, 0.1) is 0 Å². The van der Waals surface area contributed by atoms with E-state index in [1.807, 2.05) is 42.5 Å². The fourth-order valence-corrected chi connectivity index (χ4v) is 5.18. The number of amides is 2. The van der Waals surface area contributed by atoms with Crippen LogP contribution in [0.15, 0.2) is 60.7 Å². The van der Waals surface area contributed by atoms with E-state index >= 15 is 0 Å². The number of primary amides is 2. The zero-order valence-corrected chi connectivity index (χ0v) is 27.0. The van der Waals surface area contributed by atoms with Crippen molar-refractivity contribution in [1.82, 2.24) is 15.3 Å². The van der Waals surface area contributed by atoms with E-state index in [4.69, 9.17) is 53.6 Å². The van der Waals surface area contributed by atoms with Crippen molar-refractivity contribution in [3.63, 3.8) is 0 Å². The van der Waals surface area contributed by atoms with Crippen LogP contribution in [0.4, 0.5) is 0 Å². The molecule has 0 spiro atoms. The van der Waals surface area contributed by atoms with E-state index < -0.39 is 5.91 Å². The van der Waals surface area contributed by atoms with Crippen LogP contribution < -0.4 is 35.7 Å². The van der Waals surface area contributed by atoms with E-state index in [-0.39, 0.29) is 32.1 Å². The average Bonchev–Trinajstić information content (AvgIpc) is 3.04. The SMILES string of the molecule is COc1nc(OCc2cccc(-c3cccc(COc4ccc(CNCC(N)=O)c(OC)n4)c3Cl)c2Cl)ccc1CCCC(N)=O. The van der Waals surface area contributed by atoms with Gasteiger partial charge in [-0.05, 0) is 25.0 Å². The number of carbonyl (C=O) groups is 2.